The van der Waals surface area contributed by atoms with Crippen LogP contribution in [0, 0.1) is 5.92 Å². The monoisotopic (exact) mass is 346 g/mol. The number of nitrogens with two attached hydrogens (primary N) is 1. The molecule has 4 nitrogen and oxygen atoms in total. The molecule has 1 aromatic carbocycles. The Labute approximate surface area is 143 Å². The molecule has 0 aliphatic carbocycles. The number of carbonyl (C=O) groups excluding carboxylic acids is 1. The van der Waals surface area contributed by atoms with E-state index in [1.54, 1.807) is 12.1 Å². The number of methoxy groups -OCH3 is 1. The van der Waals surface area contributed by atoms with Crippen LogP contribution in [0.25, 0.3) is 0 Å². The molecule has 0 amide bonds. The van der Waals surface area contributed by atoms with Crippen molar-refractivity contribution in [3.05, 3.63) is 34.3 Å². The minimum atomic E-state index is -0.326. The number of hydrogen-bond acceptors (Lipinski definition) is 4. The molecule has 22 heavy (non-hydrogen) atoms. The third-order valence-corrected chi connectivity index (χ3v) is 4.41. The Bertz CT molecular complexity index is 495. The summed E-state index contributed by atoms with van der Waals surface area (Å²) < 4.78 is 4.76. The van der Waals surface area contributed by atoms with Gasteiger partial charge < -0.3 is 10.5 Å². The van der Waals surface area contributed by atoms with Crippen LogP contribution in [0.1, 0.15) is 35.2 Å². The Hall–Kier alpha value is -0.810. The van der Waals surface area contributed by atoms with Crippen LogP contribution >= 0.6 is 24.0 Å². The summed E-state index contributed by atoms with van der Waals surface area (Å²) in [5.41, 5.74) is 7.19. The molecule has 1 aromatic rings. The van der Waals surface area contributed by atoms with E-state index < -0.39 is 0 Å². The van der Waals surface area contributed by atoms with Gasteiger partial charge in [-0.15, -0.1) is 12.4 Å². The van der Waals surface area contributed by atoms with E-state index in [1.807, 2.05) is 6.07 Å². The van der Waals surface area contributed by atoms with E-state index >= 15 is 0 Å². The maximum absolute atomic E-state index is 11.6. The molecule has 0 aromatic heterocycles. The van der Waals surface area contributed by atoms with Gasteiger partial charge in [0, 0.05) is 18.1 Å². The summed E-state index contributed by atoms with van der Waals surface area (Å²) in [5.74, 6) is 0.346. The molecular formula is C16H24Cl2N2O2. The number of nitrogens with zero attached hydrogens (tertiary/aromatic N) is 1. The quantitative estimate of drug-likeness (QED) is 0.832. The minimum Gasteiger partial charge on any atom is -0.465 e. The van der Waals surface area contributed by atoms with Gasteiger partial charge in [0.05, 0.1) is 12.7 Å². The van der Waals surface area contributed by atoms with Crippen molar-refractivity contribution in [1.82, 2.24) is 4.90 Å². The van der Waals surface area contributed by atoms with Crippen molar-refractivity contribution in [1.29, 1.82) is 0 Å². The zero-order valence-corrected chi connectivity index (χ0v) is 14.5. The van der Waals surface area contributed by atoms with Crippen molar-refractivity contribution >= 4 is 30.0 Å². The molecule has 1 unspecified atom stereocenters. The van der Waals surface area contributed by atoms with Crippen LogP contribution in [0.5, 0.6) is 0 Å². The summed E-state index contributed by atoms with van der Waals surface area (Å²) >= 11 is 6.26. The summed E-state index contributed by atoms with van der Waals surface area (Å²) in [6, 6.07) is 5.30. The van der Waals surface area contributed by atoms with Gasteiger partial charge in [-0.2, -0.15) is 0 Å². The van der Waals surface area contributed by atoms with Gasteiger partial charge in [-0.25, -0.2) is 4.79 Å². The third-order valence-electron chi connectivity index (χ3n) is 4.04. The van der Waals surface area contributed by atoms with Gasteiger partial charge in [0.25, 0.3) is 0 Å². The maximum Gasteiger partial charge on any atom is 0.337 e. The molecule has 1 fully saturated rings. The molecule has 124 valence electrons. The predicted octanol–water partition coefficient (Wildman–Crippen LogP) is 3.11. The van der Waals surface area contributed by atoms with Gasteiger partial charge in [0.2, 0.25) is 0 Å². The van der Waals surface area contributed by atoms with Crippen LogP contribution < -0.4 is 5.73 Å². The largest absolute Gasteiger partial charge is 0.465 e. The molecule has 6 heteroatoms. The highest BCUT2D eigenvalue weighted by Crippen LogP contribution is 2.24. The molecule has 1 heterocycles. The number of likely N-dealkylation sites (tertiary alicyclic amines) is 1. The number of piperidine rings is 1. The first kappa shape index (κ1) is 19.2. The first-order chi connectivity index (χ1) is 10.1. The van der Waals surface area contributed by atoms with E-state index in [4.69, 9.17) is 22.1 Å². The van der Waals surface area contributed by atoms with Gasteiger partial charge >= 0.3 is 5.97 Å². The van der Waals surface area contributed by atoms with Gasteiger partial charge in [-0.1, -0.05) is 11.6 Å². The van der Waals surface area contributed by atoms with Gasteiger partial charge in [0.1, 0.15) is 0 Å². The molecule has 1 aliphatic heterocycles. The lowest BCUT2D eigenvalue weighted by Gasteiger charge is -2.32. The Balaban J connectivity index is 0.00000242. The number of carbonyl (C=O) groups is 1. The number of hydrogen-bond donors (Lipinski definition) is 1. The van der Waals surface area contributed by atoms with Gasteiger partial charge in [-0.05, 0) is 62.0 Å². The molecule has 2 rings (SSSR count). The average Bonchev–Trinajstić information content (AvgIpc) is 2.49. The Kier molecular flexibility index (Phi) is 8.18. The number of rotatable bonds is 5. The third kappa shape index (κ3) is 5.13. The highest BCUT2D eigenvalue weighted by Gasteiger charge is 2.20. The Morgan fingerprint density at radius 3 is 2.95 bits per heavy atom. The smallest absolute Gasteiger partial charge is 0.337 e. The molecule has 1 atom stereocenters. The van der Waals surface area contributed by atoms with Crippen LogP contribution in [-0.4, -0.2) is 37.6 Å². The van der Waals surface area contributed by atoms with Crippen LogP contribution in [0.15, 0.2) is 18.2 Å². The zero-order chi connectivity index (χ0) is 15.2. The number of halogens is 2. The molecule has 0 saturated carbocycles. The second-order valence-corrected chi connectivity index (χ2v) is 6.03. The van der Waals surface area contributed by atoms with Crippen LogP contribution in [0.2, 0.25) is 5.02 Å². The van der Waals surface area contributed by atoms with Crippen LogP contribution in [0.4, 0.5) is 0 Å². The number of ether oxygens (including phenoxy) is 1. The van der Waals surface area contributed by atoms with E-state index in [0.29, 0.717) is 16.5 Å². The second kappa shape index (κ2) is 9.36. The standard InChI is InChI=1S/C16H23ClN2O2.ClH/c1-21-16(20)13-4-5-15(17)14(9-13)11-19-8-2-3-12(10-19)6-7-18;/h4-5,9,12H,2-3,6-8,10-11,18H2,1H3;1H. The van der Waals surface area contributed by atoms with Crippen molar-refractivity contribution < 1.29 is 9.53 Å². The fourth-order valence-electron chi connectivity index (χ4n) is 2.95. The lowest BCUT2D eigenvalue weighted by atomic mass is 9.94. The second-order valence-electron chi connectivity index (χ2n) is 5.62. The van der Waals surface area contributed by atoms with Crippen molar-refractivity contribution in [2.45, 2.75) is 25.8 Å². The highest BCUT2D eigenvalue weighted by molar-refractivity contribution is 6.31. The maximum atomic E-state index is 11.6. The topological polar surface area (TPSA) is 55.6 Å². The van der Waals surface area contributed by atoms with E-state index in [2.05, 4.69) is 4.90 Å². The van der Waals surface area contributed by atoms with Gasteiger partial charge in [0.15, 0.2) is 0 Å². The van der Waals surface area contributed by atoms with E-state index in [-0.39, 0.29) is 18.4 Å². The van der Waals surface area contributed by atoms with Crippen molar-refractivity contribution in [3.63, 3.8) is 0 Å². The summed E-state index contributed by atoms with van der Waals surface area (Å²) in [4.78, 5) is 14.0. The normalized spacial score (nSPS) is 18.6. The SMILES string of the molecule is COC(=O)c1ccc(Cl)c(CN2CCCC(CCN)C2)c1.Cl. The molecular weight excluding hydrogens is 323 g/mol. The molecule has 0 spiro atoms. The fourth-order valence-corrected chi connectivity index (χ4v) is 3.13. The molecule has 1 saturated heterocycles. The molecule has 1 aliphatic rings. The van der Waals surface area contributed by atoms with Crippen LogP contribution in [0.3, 0.4) is 0 Å². The highest BCUT2D eigenvalue weighted by atomic mass is 35.5. The van der Waals surface area contributed by atoms with E-state index in [9.17, 15) is 4.79 Å². The van der Waals surface area contributed by atoms with Crippen molar-refractivity contribution in [2.75, 3.05) is 26.7 Å². The summed E-state index contributed by atoms with van der Waals surface area (Å²) in [5, 5.41) is 0.698. The molecule has 0 bridgehead atoms. The average molecular weight is 347 g/mol. The lowest BCUT2D eigenvalue weighted by molar-refractivity contribution is 0.0600. The fraction of sp³-hybridized carbons (Fsp3) is 0.562. The van der Waals surface area contributed by atoms with Crippen molar-refractivity contribution in [2.24, 2.45) is 11.7 Å². The first-order valence-electron chi connectivity index (χ1n) is 7.43. The predicted molar refractivity (Wildman–Crippen MR) is 91.7 cm³/mol. The summed E-state index contributed by atoms with van der Waals surface area (Å²) in [6.07, 6.45) is 3.52. The first-order valence-corrected chi connectivity index (χ1v) is 7.81. The molecule has 0 radical (unpaired) electrons. The zero-order valence-electron chi connectivity index (χ0n) is 12.9. The minimum absolute atomic E-state index is 0. The Morgan fingerprint density at radius 1 is 1.50 bits per heavy atom. The van der Waals surface area contributed by atoms with Crippen molar-refractivity contribution in [3.8, 4) is 0 Å². The van der Waals surface area contributed by atoms with E-state index in [1.165, 1.54) is 20.0 Å². The lowest BCUT2D eigenvalue weighted by Crippen LogP contribution is -2.35. The Morgan fingerprint density at radius 2 is 2.27 bits per heavy atom. The van der Waals surface area contributed by atoms with Crippen LogP contribution in [-0.2, 0) is 11.3 Å². The summed E-state index contributed by atoms with van der Waals surface area (Å²) in [6.45, 7) is 3.64. The summed E-state index contributed by atoms with van der Waals surface area (Å²) in [7, 11) is 1.39. The molecule has 2 N–H and O–H groups in total. The number of esters is 1. The van der Waals surface area contributed by atoms with Gasteiger partial charge in [-0.3, -0.25) is 4.90 Å². The number of benzene rings is 1. The van der Waals surface area contributed by atoms with E-state index in [0.717, 1.165) is 38.2 Å².